The number of hydrogen-bond acceptors (Lipinski definition) is 3. The molecule has 0 radical (unpaired) electrons. The minimum Gasteiger partial charge on any atom is -0.497 e. The molecular formula is C16H14O3. The van der Waals surface area contributed by atoms with Crippen molar-refractivity contribution in [3.8, 4) is 17.1 Å². The van der Waals surface area contributed by atoms with E-state index in [1.807, 2.05) is 48.5 Å². The van der Waals surface area contributed by atoms with Crippen molar-refractivity contribution in [3.05, 3.63) is 54.1 Å². The van der Waals surface area contributed by atoms with E-state index in [4.69, 9.17) is 14.3 Å². The molecular weight excluding hydrogens is 240 g/mol. The van der Waals surface area contributed by atoms with Gasteiger partial charge in [0.2, 0.25) is 0 Å². The smallest absolute Gasteiger partial charge is 0.135 e. The fourth-order valence-electron chi connectivity index (χ4n) is 2.07. The second kappa shape index (κ2) is 4.78. The third kappa shape index (κ3) is 2.20. The van der Waals surface area contributed by atoms with Crippen molar-refractivity contribution in [3.63, 3.8) is 0 Å². The monoisotopic (exact) mass is 254 g/mol. The average Bonchev–Trinajstić information content (AvgIpc) is 2.90. The summed E-state index contributed by atoms with van der Waals surface area (Å²) in [5.41, 5.74) is 2.72. The molecule has 3 nitrogen and oxygen atoms in total. The molecule has 2 aromatic carbocycles. The van der Waals surface area contributed by atoms with Crippen molar-refractivity contribution < 1.29 is 14.3 Å². The fraction of sp³-hybridized carbons (Fsp3) is 0.125. The number of hydrogen-bond donors (Lipinski definition) is 1. The van der Waals surface area contributed by atoms with E-state index in [1.54, 1.807) is 7.11 Å². The Morgan fingerprint density at radius 2 is 1.84 bits per heavy atom. The van der Waals surface area contributed by atoms with Gasteiger partial charge in [0.1, 0.15) is 17.1 Å². The number of aliphatic hydroxyl groups excluding tert-OH is 1. The van der Waals surface area contributed by atoms with Gasteiger partial charge in [0.15, 0.2) is 0 Å². The van der Waals surface area contributed by atoms with Crippen LogP contribution in [0.3, 0.4) is 0 Å². The molecule has 1 aromatic heterocycles. The van der Waals surface area contributed by atoms with Crippen LogP contribution >= 0.6 is 0 Å². The van der Waals surface area contributed by atoms with Crippen molar-refractivity contribution in [1.29, 1.82) is 0 Å². The normalized spacial score (nSPS) is 10.8. The van der Waals surface area contributed by atoms with E-state index < -0.39 is 0 Å². The number of fused-ring (bicyclic) bond motifs is 1. The predicted molar refractivity (Wildman–Crippen MR) is 74.1 cm³/mol. The van der Waals surface area contributed by atoms with Gasteiger partial charge in [-0.25, -0.2) is 0 Å². The highest BCUT2D eigenvalue weighted by atomic mass is 16.5. The number of furan rings is 1. The van der Waals surface area contributed by atoms with Crippen LogP contribution in [0.5, 0.6) is 5.75 Å². The molecule has 1 heterocycles. The highest BCUT2D eigenvalue weighted by Gasteiger charge is 2.07. The summed E-state index contributed by atoms with van der Waals surface area (Å²) >= 11 is 0. The zero-order valence-electron chi connectivity index (χ0n) is 10.6. The van der Waals surface area contributed by atoms with E-state index in [1.165, 1.54) is 0 Å². The first-order chi connectivity index (χ1) is 9.30. The molecule has 0 aliphatic heterocycles. The highest BCUT2D eigenvalue weighted by Crippen LogP contribution is 2.30. The summed E-state index contributed by atoms with van der Waals surface area (Å²) in [4.78, 5) is 0. The predicted octanol–water partition coefficient (Wildman–Crippen LogP) is 3.60. The molecule has 0 aliphatic carbocycles. The summed E-state index contributed by atoms with van der Waals surface area (Å²) in [6, 6.07) is 15.4. The van der Waals surface area contributed by atoms with Crippen molar-refractivity contribution in [2.24, 2.45) is 0 Å². The van der Waals surface area contributed by atoms with Gasteiger partial charge < -0.3 is 14.3 Å². The number of ether oxygens (including phenoxy) is 1. The number of benzene rings is 2. The maximum absolute atomic E-state index is 9.03. The van der Waals surface area contributed by atoms with Crippen molar-refractivity contribution >= 4 is 11.0 Å². The Kier molecular flexibility index (Phi) is 2.97. The number of aliphatic hydroxyl groups is 1. The van der Waals surface area contributed by atoms with Crippen molar-refractivity contribution in [2.45, 2.75) is 6.61 Å². The minimum absolute atomic E-state index is 0.0532. The summed E-state index contributed by atoms with van der Waals surface area (Å²) in [6.45, 7) is 0.0532. The topological polar surface area (TPSA) is 42.6 Å². The van der Waals surface area contributed by atoms with Gasteiger partial charge >= 0.3 is 0 Å². The minimum atomic E-state index is 0.0532. The Balaban J connectivity index is 2.04. The van der Waals surface area contributed by atoms with Crippen LogP contribution in [0, 0.1) is 0 Å². The lowest BCUT2D eigenvalue weighted by Crippen LogP contribution is -1.81. The first kappa shape index (κ1) is 11.8. The third-order valence-electron chi connectivity index (χ3n) is 3.14. The van der Waals surface area contributed by atoms with E-state index in [-0.39, 0.29) is 6.61 Å². The van der Waals surface area contributed by atoms with Gasteiger partial charge in [-0.05, 0) is 29.8 Å². The molecule has 1 N–H and O–H groups in total. The summed E-state index contributed by atoms with van der Waals surface area (Å²) in [5, 5.41) is 10.0. The van der Waals surface area contributed by atoms with Crippen LogP contribution in [0.25, 0.3) is 22.3 Å². The molecule has 0 saturated carbocycles. The van der Waals surface area contributed by atoms with Crippen LogP contribution in [0.4, 0.5) is 0 Å². The van der Waals surface area contributed by atoms with Gasteiger partial charge in [-0.1, -0.05) is 24.3 Å². The second-order valence-corrected chi connectivity index (χ2v) is 4.37. The average molecular weight is 254 g/mol. The summed E-state index contributed by atoms with van der Waals surface area (Å²) < 4.78 is 11.0. The molecule has 19 heavy (non-hydrogen) atoms. The molecule has 0 bridgehead atoms. The molecule has 3 rings (SSSR count). The molecule has 0 fully saturated rings. The van der Waals surface area contributed by atoms with Gasteiger partial charge in [-0.2, -0.15) is 0 Å². The Morgan fingerprint density at radius 3 is 2.53 bits per heavy atom. The lowest BCUT2D eigenvalue weighted by Gasteiger charge is -1.98. The van der Waals surface area contributed by atoms with E-state index in [2.05, 4.69) is 0 Å². The third-order valence-corrected chi connectivity index (χ3v) is 3.14. The van der Waals surface area contributed by atoms with E-state index in [9.17, 15) is 0 Å². The first-order valence-corrected chi connectivity index (χ1v) is 6.08. The number of methoxy groups -OCH3 is 1. The van der Waals surface area contributed by atoms with Gasteiger partial charge in [0.05, 0.1) is 13.7 Å². The molecule has 3 aromatic rings. The number of rotatable bonds is 3. The van der Waals surface area contributed by atoms with Crippen molar-refractivity contribution in [2.75, 3.05) is 7.11 Å². The Bertz CT molecular complexity index is 696. The van der Waals surface area contributed by atoms with E-state index >= 15 is 0 Å². The largest absolute Gasteiger partial charge is 0.497 e. The summed E-state index contributed by atoms with van der Waals surface area (Å²) in [7, 11) is 1.65. The van der Waals surface area contributed by atoms with Crippen LogP contribution in [0.2, 0.25) is 0 Å². The van der Waals surface area contributed by atoms with E-state index in [0.29, 0.717) is 0 Å². The molecule has 0 spiro atoms. The summed E-state index contributed by atoms with van der Waals surface area (Å²) in [6.07, 6.45) is 0. The molecule has 3 heteroatoms. The standard InChI is InChI=1S/C16H14O3/c1-18-14-6-7-15-13(8-14)9-16(19-15)12-4-2-11(10-17)3-5-12/h2-9,17H,10H2,1H3. The quantitative estimate of drug-likeness (QED) is 0.776. The summed E-state index contributed by atoms with van der Waals surface area (Å²) in [5.74, 6) is 1.63. The van der Waals surface area contributed by atoms with Gasteiger partial charge in [-0.15, -0.1) is 0 Å². The maximum Gasteiger partial charge on any atom is 0.135 e. The van der Waals surface area contributed by atoms with Crippen LogP contribution in [-0.2, 0) is 6.61 Å². The molecule has 96 valence electrons. The molecule has 0 atom stereocenters. The van der Waals surface area contributed by atoms with Crippen molar-refractivity contribution in [1.82, 2.24) is 0 Å². The highest BCUT2D eigenvalue weighted by molar-refractivity contribution is 5.84. The second-order valence-electron chi connectivity index (χ2n) is 4.37. The SMILES string of the molecule is COc1ccc2oc(-c3ccc(CO)cc3)cc2c1. The Morgan fingerprint density at radius 1 is 1.05 bits per heavy atom. The van der Waals surface area contributed by atoms with Crippen LogP contribution in [0.15, 0.2) is 52.9 Å². The molecule has 0 aliphatic rings. The Labute approximate surface area is 111 Å². The Hall–Kier alpha value is -2.26. The lowest BCUT2D eigenvalue weighted by molar-refractivity contribution is 0.282. The van der Waals surface area contributed by atoms with Crippen LogP contribution < -0.4 is 4.74 Å². The zero-order chi connectivity index (χ0) is 13.2. The van der Waals surface area contributed by atoms with Gasteiger partial charge in [0, 0.05) is 10.9 Å². The van der Waals surface area contributed by atoms with Crippen LogP contribution in [0.1, 0.15) is 5.56 Å². The molecule has 0 unspecified atom stereocenters. The van der Waals surface area contributed by atoms with Crippen LogP contribution in [-0.4, -0.2) is 12.2 Å². The first-order valence-electron chi connectivity index (χ1n) is 6.08. The zero-order valence-corrected chi connectivity index (χ0v) is 10.6. The van der Waals surface area contributed by atoms with Gasteiger partial charge in [0.25, 0.3) is 0 Å². The lowest BCUT2D eigenvalue weighted by atomic mass is 10.1. The van der Waals surface area contributed by atoms with Gasteiger partial charge in [-0.3, -0.25) is 0 Å². The molecule has 0 amide bonds. The maximum atomic E-state index is 9.03. The molecule has 0 saturated heterocycles. The van der Waals surface area contributed by atoms with E-state index in [0.717, 1.165) is 33.6 Å². The fourth-order valence-corrected chi connectivity index (χ4v) is 2.07.